The van der Waals surface area contributed by atoms with Crippen molar-refractivity contribution in [3.63, 3.8) is 0 Å². The quantitative estimate of drug-likeness (QED) is 0.166. The van der Waals surface area contributed by atoms with Crippen molar-refractivity contribution >= 4 is 74.2 Å². The molecule has 1 saturated carbocycles. The normalized spacial score (nSPS) is 32.6. The molecule has 6 rings (SSSR count). The van der Waals surface area contributed by atoms with Crippen molar-refractivity contribution in [1.29, 1.82) is 0 Å². The maximum absolute atomic E-state index is 14.0. The molecule has 8 nitrogen and oxygen atoms in total. The number of fused-ring (bicyclic) bond motifs is 4. The highest BCUT2D eigenvalue weighted by atomic mass is 79.9. The molecule has 0 bridgehead atoms. The number of phenolic OH excluding ortho intramolecular Hbond substituents is 1. The number of hydrogen-bond donors (Lipinski definition) is 1. The van der Waals surface area contributed by atoms with Gasteiger partial charge in [-0.05, 0) is 74.1 Å². The minimum Gasteiger partial charge on any atom is -0.508 e. The lowest BCUT2D eigenvalue weighted by molar-refractivity contribution is -0.138. The van der Waals surface area contributed by atoms with E-state index in [4.69, 9.17) is 23.2 Å². The van der Waals surface area contributed by atoms with Gasteiger partial charge in [0.2, 0.25) is 11.8 Å². The van der Waals surface area contributed by atoms with E-state index in [0.29, 0.717) is 28.0 Å². The van der Waals surface area contributed by atoms with Crippen LogP contribution in [0.1, 0.15) is 47.2 Å². The Labute approximate surface area is 254 Å². The Hall–Kier alpha value is -3.01. The predicted molar refractivity (Wildman–Crippen MR) is 155 cm³/mol. The first kappa shape index (κ1) is 28.1. The van der Waals surface area contributed by atoms with E-state index in [-0.39, 0.29) is 35.7 Å². The van der Waals surface area contributed by atoms with Crippen LogP contribution >= 0.6 is 39.1 Å². The van der Waals surface area contributed by atoms with E-state index in [1.807, 2.05) is 6.08 Å². The number of benzene rings is 2. The molecule has 2 aromatic carbocycles. The first-order valence-corrected chi connectivity index (χ1v) is 15.0. The molecule has 0 radical (unpaired) electrons. The van der Waals surface area contributed by atoms with Gasteiger partial charge in [0.15, 0.2) is 15.5 Å². The summed E-state index contributed by atoms with van der Waals surface area (Å²) in [6.45, 7) is 3.14. The van der Waals surface area contributed by atoms with Crippen molar-refractivity contribution in [3.05, 3.63) is 70.8 Å². The highest BCUT2D eigenvalue weighted by molar-refractivity contribution is 9.09. The highest BCUT2D eigenvalue weighted by Gasteiger charge is 2.76. The summed E-state index contributed by atoms with van der Waals surface area (Å²) in [5, 5.41) is 10.2. The van der Waals surface area contributed by atoms with Crippen LogP contribution in [-0.2, 0) is 19.2 Å². The van der Waals surface area contributed by atoms with Crippen LogP contribution in [-0.4, -0.2) is 54.6 Å². The maximum Gasteiger partial charge on any atom is 0.254 e. The van der Waals surface area contributed by atoms with Crippen LogP contribution in [0.5, 0.6) is 5.75 Å². The average molecular weight is 660 g/mol. The third kappa shape index (κ3) is 3.68. The fourth-order valence-electron chi connectivity index (χ4n) is 7.08. The summed E-state index contributed by atoms with van der Waals surface area (Å²) < 4.78 is 0. The van der Waals surface area contributed by atoms with E-state index in [1.54, 1.807) is 43.3 Å². The minimum absolute atomic E-state index is 0.0541. The van der Waals surface area contributed by atoms with Crippen LogP contribution in [0.3, 0.4) is 0 Å². The fourth-order valence-corrected chi connectivity index (χ4v) is 8.51. The van der Waals surface area contributed by atoms with Crippen LogP contribution in [0.2, 0.25) is 0 Å². The van der Waals surface area contributed by atoms with Gasteiger partial charge in [0.25, 0.3) is 11.8 Å². The molecule has 0 unspecified atom stereocenters. The van der Waals surface area contributed by atoms with Crippen LogP contribution < -0.4 is 4.90 Å². The molecule has 2 aliphatic carbocycles. The van der Waals surface area contributed by atoms with Gasteiger partial charge >= 0.3 is 0 Å². The number of phenols is 1. The zero-order chi connectivity index (χ0) is 29.6. The SMILES string of the molecule is CC(=O)c1ccc(N2C(=O)[C@H]3[C@H](CC=C4[C@H]3C[C@@]3(Cl)C(=O)N(CBr)C(=O)[C@@]3(Cl)[C@H]4c3ccc(O)c(C)c3)C2=O)cc1. The van der Waals surface area contributed by atoms with Gasteiger partial charge in [-0.2, -0.15) is 0 Å². The molecule has 1 N–H and O–H groups in total. The minimum atomic E-state index is -1.90. The summed E-state index contributed by atoms with van der Waals surface area (Å²) in [6, 6.07) is 11.1. The van der Waals surface area contributed by atoms with Gasteiger partial charge in [0.05, 0.1) is 23.0 Å². The molecular formula is C30H25BrCl2N2O6. The van der Waals surface area contributed by atoms with Crippen LogP contribution in [0.4, 0.5) is 5.69 Å². The number of ketones is 1. The van der Waals surface area contributed by atoms with Crippen molar-refractivity contribution < 1.29 is 29.1 Å². The average Bonchev–Trinajstić information content (AvgIpc) is 3.28. The summed E-state index contributed by atoms with van der Waals surface area (Å²) in [4.78, 5) is 65.3. The fraction of sp³-hybridized carbons (Fsp3) is 0.367. The number of nitrogens with zero attached hydrogens (tertiary/aromatic N) is 2. The van der Waals surface area contributed by atoms with E-state index >= 15 is 0 Å². The van der Waals surface area contributed by atoms with Crippen molar-refractivity contribution in [1.82, 2.24) is 4.90 Å². The number of aryl methyl sites for hydroxylation is 1. The number of anilines is 1. The van der Waals surface area contributed by atoms with Crippen LogP contribution in [0.15, 0.2) is 54.1 Å². The van der Waals surface area contributed by atoms with Gasteiger partial charge in [-0.1, -0.05) is 39.7 Å². The molecule has 0 spiro atoms. The van der Waals surface area contributed by atoms with Crippen molar-refractivity contribution in [3.8, 4) is 5.75 Å². The lowest BCUT2D eigenvalue weighted by atomic mass is 9.56. The Balaban J connectivity index is 1.49. The number of alkyl halides is 3. The molecule has 0 aromatic heterocycles. The summed E-state index contributed by atoms with van der Waals surface area (Å²) >= 11 is 17.6. The standard InChI is InChI=1S/C30H25BrCl2N2O6/c1-14-11-17(5-10-22(14)37)24-19-8-9-20-23(21(19)12-29(32)27(40)34(13-31)28(41)30(24,29)33)26(39)35(25(20)38)18-6-3-16(4-7-18)15(2)36/h3-8,10-11,20-21,23-24,37H,9,12-13H2,1-2H3/t20-,21+,23-,24-,29+,30-/m0/s1. The summed E-state index contributed by atoms with van der Waals surface area (Å²) in [5.74, 6) is -5.24. The zero-order valence-corrected chi connectivity index (χ0v) is 25.2. The van der Waals surface area contributed by atoms with Crippen molar-refractivity contribution in [2.45, 2.75) is 42.4 Å². The molecule has 41 heavy (non-hydrogen) atoms. The number of halogens is 3. The Morgan fingerprint density at radius 1 is 1.02 bits per heavy atom. The molecule has 11 heteroatoms. The smallest absolute Gasteiger partial charge is 0.254 e. The number of likely N-dealkylation sites (tertiary alicyclic amines) is 1. The van der Waals surface area contributed by atoms with Crippen molar-refractivity contribution in [2.75, 3.05) is 10.4 Å². The summed E-state index contributed by atoms with van der Waals surface area (Å²) in [6.07, 6.45) is 1.99. The Morgan fingerprint density at radius 2 is 1.71 bits per heavy atom. The number of carbonyl (C=O) groups excluding carboxylic acids is 5. The third-order valence-electron chi connectivity index (χ3n) is 9.10. The molecule has 2 aromatic rings. The molecule has 2 saturated heterocycles. The van der Waals surface area contributed by atoms with Gasteiger partial charge in [-0.15, -0.1) is 23.2 Å². The molecule has 3 fully saturated rings. The second kappa shape index (κ2) is 9.51. The lowest BCUT2D eigenvalue weighted by Crippen LogP contribution is -2.60. The van der Waals surface area contributed by atoms with Gasteiger partial charge in [-0.25, -0.2) is 0 Å². The first-order chi connectivity index (χ1) is 19.4. The second-order valence-electron chi connectivity index (χ2n) is 11.1. The monoisotopic (exact) mass is 658 g/mol. The first-order valence-electron chi connectivity index (χ1n) is 13.1. The highest BCUT2D eigenvalue weighted by Crippen LogP contribution is 2.65. The summed E-state index contributed by atoms with van der Waals surface area (Å²) in [7, 11) is 0. The number of Topliss-reactive ketones (excluding diaryl/α,β-unsaturated/α-hetero) is 1. The molecule has 2 heterocycles. The Bertz CT molecular complexity index is 1590. The summed E-state index contributed by atoms with van der Waals surface area (Å²) in [5.41, 5.74) is 2.49. The van der Waals surface area contributed by atoms with E-state index in [0.717, 1.165) is 9.80 Å². The van der Waals surface area contributed by atoms with Gasteiger partial charge in [0.1, 0.15) is 5.75 Å². The number of allylic oxidation sites excluding steroid dienone is 2. The number of aromatic hydroxyl groups is 1. The third-order valence-corrected chi connectivity index (χ3v) is 11.0. The molecule has 2 aliphatic heterocycles. The molecular weight excluding hydrogens is 635 g/mol. The molecule has 212 valence electrons. The maximum atomic E-state index is 14.0. The van der Waals surface area contributed by atoms with Gasteiger partial charge < -0.3 is 5.11 Å². The van der Waals surface area contributed by atoms with E-state index in [2.05, 4.69) is 15.9 Å². The van der Waals surface area contributed by atoms with E-state index in [9.17, 15) is 29.1 Å². The number of hydrogen-bond acceptors (Lipinski definition) is 6. The van der Waals surface area contributed by atoms with Crippen LogP contribution in [0.25, 0.3) is 0 Å². The zero-order valence-electron chi connectivity index (χ0n) is 22.1. The molecule has 4 aliphatic rings. The Kier molecular flexibility index (Phi) is 6.52. The number of amides is 4. The van der Waals surface area contributed by atoms with Crippen molar-refractivity contribution in [2.24, 2.45) is 17.8 Å². The van der Waals surface area contributed by atoms with E-state index < -0.39 is 51.1 Å². The largest absolute Gasteiger partial charge is 0.508 e. The second-order valence-corrected chi connectivity index (χ2v) is 12.9. The molecule has 6 atom stereocenters. The number of rotatable bonds is 4. The van der Waals surface area contributed by atoms with Gasteiger partial charge in [0, 0.05) is 11.5 Å². The molecule has 4 amide bonds. The Morgan fingerprint density at radius 3 is 2.32 bits per heavy atom. The lowest BCUT2D eigenvalue weighted by Gasteiger charge is -2.50. The number of carbonyl (C=O) groups is 5. The topological polar surface area (TPSA) is 112 Å². The van der Waals surface area contributed by atoms with E-state index in [1.165, 1.54) is 13.0 Å². The van der Waals surface area contributed by atoms with Gasteiger partial charge in [-0.3, -0.25) is 33.8 Å². The number of imide groups is 2. The predicted octanol–water partition coefficient (Wildman–Crippen LogP) is 4.82. The van der Waals surface area contributed by atoms with Crippen LogP contribution in [0, 0.1) is 24.7 Å².